The molecule has 2 unspecified atom stereocenters. The van der Waals surface area contributed by atoms with Gasteiger partial charge < -0.3 is 10.6 Å². The molecule has 0 aromatic carbocycles. The van der Waals surface area contributed by atoms with Crippen LogP contribution < -0.4 is 10.6 Å². The topological polar surface area (TPSA) is 55.0 Å². The maximum atomic E-state index is 5.88. The van der Waals surface area contributed by atoms with Crippen LogP contribution in [-0.2, 0) is 0 Å². The summed E-state index contributed by atoms with van der Waals surface area (Å²) in [5.41, 5.74) is 6.56. The summed E-state index contributed by atoms with van der Waals surface area (Å²) in [6.07, 6.45) is 4.53. The molecule has 82 valence electrons. The summed E-state index contributed by atoms with van der Waals surface area (Å²) in [7, 11) is 0. The summed E-state index contributed by atoms with van der Waals surface area (Å²) in [6, 6.07) is 0. The average Bonchev–Trinajstić information content (AvgIpc) is 2.16. The van der Waals surface area contributed by atoms with Crippen molar-refractivity contribution in [2.45, 2.75) is 20.3 Å². The van der Waals surface area contributed by atoms with Crippen LogP contribution in [0.3, 0.4) is 0 Å². The van der Waals surface area contributed by atoms with Crippen LogP contribution in [-0.4, -0.2) is 23.1 Å². The van der Waals surface area contributed by atoms with Crippen LogP contribution in [0.4, 0.5) is 11.5 Å². The molecule has 0 saturated carbocycles. The zero-order chi connectivity index (χ0) is 10.8. The lowest BCUT2D eigenvalue weighted by molar-refractivity contribution is 0.355. The predicted molar refractivity (Wildman–Crippen MR) is 61.6 cm³/mol. The van der Waals surface area contributed by atoms with Gasteiger partial charge in [-0.3, -0.25) is 0 Å². The Kier molecular flexibility index (Phi) is 2.75. The van der Waals surface area contributed by atoms with Crippen molar-refractivity contribution in [2.24, 2.45) is 11.8 Å². The van der Waals surface area contributed by atoms with Gasteiger partial charge in [0.05, 0.1) is 11.9 Å². The smallest absolute Gasteiger partial charge is 0.155 e. The van der Waals surface area contributed by atoms with Crippen molar-refractivity contribution in [3.05, 3.63) is 12.5 Å². The van der Waals surface area contributed by atoms with Crippen LogP contribution in [0.5, 0.6) is 0 Å². The first-order valence-electron chi connectivity index (χ1n) is 5.47. The molecule has 1 saturated heterocycles. The quantitative estimate of drug-likeness (QED) is 0.757. The molecule has 2 heterocycles. The fraction of sp³-hybridized carbons (Fsp3) is 0.636. The van der Waals surface area contributed by atoms with Crippen LogP contribution >= 0.6 is 0 Å². The van der Waals surface area contributed by atoms with Gasteiger partial charge >= 0.3 is 0 Å². The van der Waals surface area contributed by atoms with Gasteiger partial charge in [0, 0.05) is 13.1 Å². The number of rotatable bonds is 1. The molecule has 1 aromatic rings. The Morgan fingerprint density at radius 1 is 1.33 bits per heavy atom. The zero-order valence-electron chi connectivity index (χ0n) is 9.35. The summed E-state index contributed by atoms with van der Waals surface area (Å²) in [5.74, 6) is 2.31. The van der Waals surface area contributed by atoms with E-state index in [1.165, 1.54) is 6.42 Å². The Labute approximate surface area is 90.5 Å². The molecule has 0 amide bonds. The van der Waals surface area contributed by atoms with Gasteiger partial charge in [0.15, 0.2) is 5.82 Å². The minimum Gasteiger partial charge on any atom is -0.394 e. The van der Waals surface area contributed by atoms with E-state index in [1.807, 2.05) is 0 Å². The van der Waals surface area contributed by atoms with E-state index < -0.39 is 0 Å². The van der Waals surface area contributed by atoms with E-state index in [0.717, 1.165) is 18.9 Å². The molecule has 4 nitrogen and oxygen atoms in total. The minimum atomic E-state index is 0.679. The van der Waals surface area contributed by atoms with Gasteiger partial charge in [0.2, 0.25) is 0 Å². The first-order valence-corrected chi connectivity index (χ1v) is 5.47. The van der Waals surface area contributed by atoms with Gasteiger partial charge in [0.25, 0.3) is 0 Å². The number of anilines is 2. The van der Waals surface area contributed by atoms with Crippen molar-refractivity contribution in [1.29, 1.82) is 0 Å². The van der Waals surface area contributed by atoms with Crippen molar-refractivity contribution in [3.8, 4) is 0 Å². The number of hydrogen-bond donors (Lipinski definition) is 1. The molecule has 0 radical (unpaired) electrons. The Morgan fingerprint density at radius 3 is 2.60 bits per heavy atom. The van der Waals surface area contributed by atoms with Crippen molar-refractivity contribution in [1.82, 2.24) is 9.97 Å². The Hall–Kier alpha value is -1.32. The summed E-state index contributed by atoms with van der Waals surface area (Å²) in [4.78, 5) is 10.4. The fourth-order valence-electron chi connectivity index (χ4n) is 2.43. The molecular formula is C11H18N4. The first kappa shape index (κ1) is 10.2. The summed E-state index contributed by atoms with van der Waals surface area (Å²) >= 11 is 0. The zero-order valence-corrected chi connectivity index (χ0v) is 9.35. The third-order valence-corrected chi connectivity index (χ3v) is 2.89. The van der Waals surface area contributed by atoms with Gasteiger partial charge in [0.1, 0.15) is 6.33 Å². The second-order valence-electron chi connectivity index (χ2n) is 4.65. The third kappa shape index (κ3) is 2.19. The molecule has 4 heteroatoms. The lowest BCUT2D eigenvalue weighted by Crippen LogP contribution is -2.39. The predicted octanol–water partition coefficient (Wildman–Crippen LogP) is 1.54. The highest BCUT2D eigenvalue weighted by Gasteiger charge is 2.23. The van der Waals surface area contributed by atoms with E-state index >= 15 is 0 Å². The van der Waals surface area contributed by atoms with E-state index in [9.17, 15) is 0 Å². The molecular weight excluding hydrogens is 188 g/mol. The number of nitrogens with two attached hydrogens (primary N) is 1. The van der Waals surface area contributed by atoms with E-state index in [2.05, 4.69) is 28.7 Å². The SMILES string of the molecule is CC1CC(C)CN(c2ncncc2N)C1. The maximum Gasteiger partial charge on any atom is 0.155 e. The highest BCUT2D eigenvalue weighted by molar-refractivity contribution is 5.61. The van der Waals surface area contributed by atoms with Gasteiger partial charge in [-0.05, 0) is 18.3 Å². The van der Waals surface area contributed by atoms with Crippen LogP contribution in [0.1, 0.15) is 20.3 Å². The van der Waals surface area contributed by atoms with Crippen molar-refractivity contribution in [2.75, 3.05) is 23.7 Å². The molecule has 2 N–H and O–H groups in total. The Bertz CT molecular complexity index is 329. The third-order valence-electron chi connectivity index (χ3n) is 2.89. The summed E-state index contributed by atoms with van der Waals surface area (Å²) < 4.78 is 0. The molecule has 0 spiro atoms. The molecule has 2 atom stereocenters. The standard InChI is InChI=1S/C11H18N4/c1-8-3-9(2)6-15(5-8)11-10(12)4-13-7-14-11/h4,7-9H,3,5-6,12H2,1-2H3. The van der Waals surface area contributed by atoms with Gasteiger partial charge in [-0.2, -0.15) is 0 Å². The maximum absolute atomic E-state index is 5.88. The van der Waals surface area contributed by atoms with Crippen LogP contribution in [0.15, 0.2) is 12.5 Å². The Balaban J connectivity index is 2.20. The van der Waals surface area contributed by atoms with E-state index in [1.54, 1.807) is 12.5 Å². The second kappa shape index (κ2) is 4.04. The molecule has 1 aliphatic heterocycles. The largest absolute Gasteiger partial charge is 0.394 e. The molecule has 0 bridgehead atoms. The lowest BCUT2D eigenvalue weighted by Gasteiger charge is -2.36. The second-order valence-corrected chi connectivity index (χ2v) is 4.65. The van der Waals surface area contributed by atoms with Crippen LogP contribution in [0.2, 0.25) is 0 Å². The number of aromatic nitrogens is 2. The van der Waals surface area contributed by atoms with E-state index in [-0.39, 0.29) is 0 Å². The number of nitrogen functional groups attached to an aromatic ring is 1. The van der Waals surface area contributed by atoms with Gasteiger partial charge in [-0.15, -0.1) is 0 Å². The van der Waals surface area contributed by atoms with Crippen molar-refractivity contribution in [3.63, 3.8) is 0 Å². The molecule has 15 heavy (non-hydrogen) atoms. The normalized spacial score (nSPS) is 26.7. The van der Waals surface area contributed by atoms with Gasteiger partial charge in [-0.25, -0.2) is 9.97 Å². The highest BCUT2D eigenvalue weighted by atomic mass is 15.2. The summed E-state index contributed by atoms with van der Waals surface area (Å²) in [5, 5.41) is 0. The minimum absolute atomic E-state index is 0.679. The highest BCUT2D eigenvalue weighted by Crippen LogP contribution is 2.27. The number of hydrogen-bond acceptors (Lipinski definition) is 4. The first-order chi connectivity index (χ1) is 7.16. The molecule has 2 rings (SSSR count). The van der Waals surface area contributed by atoms with Crippen LogP contribution in [0, 0.1) is 11.8 Å². The fourth-order valence-corrected chi connectivity index (χ4v) is 2.43. The lowest BCUT2D eigenvalue weighted by atomic mass is 9.92. The van der Waals surface area contributed by atoms with E-state index in [0.29, 0.717) is 17.5 Å². The van der Waals surface area contributed by atoms with Crippen LogP contribution in [0.25, 0.3) is 0 Å². The average molecular weight is 206 g/mol. The summed E-state index contributed by atoms with van der Waals surface area (Å²) in [6.45, 7) is 6.65. The molecule has 0 aliphatic carbocycles. The number of piperidine rings is 1. The molecule has 1 fully saturated rings. The van der Waals surface area contributed by atoms with E-state index in [4.69, 9.17) is 5.73 Å². The van der Waals surface area contributed by atoms with Gasteiger partial charge in [-0.1, -0.05) is 13.8 Å². The molecule has 1 aliphatic rings. The Morgan fingerprint density at radius 2 is 2.00 bits per heavy atom. The van der Waals surface area contributed by atoms with Crippen molar-refractivity contribution < 1.29 is 0 Å². The van der Waals surface area contributed by atoms with Crippen molar-refractivity contribution >= 4 is 11.5 Å². The molecule has 1 aromatic heterocycles. The monoisotopic (exact) mass is 206 g/mol. The number of nitrogens with zero attached hydrogens (tertiary/aromatic N) is 3.